The van der Waals surface area contributed by atoms with Crippen LogP contribution in [0.1, 0.15) is 27.2 Å². The molecule has 1 atom stereocenters. The number of likely N-dealkylation sites (tertiary alicyclic amines) is 1. The predicted octanol–water partition coefficient (Wildman–Crippen LogP) is 1.19. The number of rotatable bonds is 2. The molecule has 0 aliphatic carbocycles. The summed E-state index contributed by atoms with van der Waals surface area (Å²) in [5, 5.41) is 9.01. The molecule has 0 bridgehead atoms. The minimum atomic E-state index is -0.681. The second-order valence-electron chi connectivity index (χ2n) is 4.11. The first-order chi connectivity index (χ1) is 5.49. The molecule has 1 rings (SSSR count). The van der Waals surface area contributed by atoms with E-state index < -0.39 is 5.97 Å². The van der Waals surface area contributed by atoms with Gasteiger partial charge in [0.2, 0.25) is 0 Å². The second-order valence-corrected chi connectivity index (χ2v) is 4.11. The molecule has 0 unspecified atom stereocenters. The van der Waals surface area contributed by atoms with Gasteiger partial charge in [0.25, 0.3) is 0 Å². The Bertz CT molecular complexity index is 189. The molecule has 1 aliphatic heterocycles. The first-order valence-corrected chi connectivity index (χ1v) is 4.46. The summed E-state index contributed by atoms with van der Waals surface area (Å²) in [4.78, 5) is 13.0. The molecule has 0 spiro atoms. The highest BCUT2D eigenvalue weighted by Gasteiger charge is 2.44. The van der Waals surface area contributed by atoms with Gasteiger partial charge in [-0.1, -0.05) is 20.8 Å². The van der Waals surface area contributed by atoms with Crippen LogP contribution in [0.5, 0.6) is 0 Å². The number of hydrogen-bond donors (Lipinski definition) is 1. The van der Waals surface area contributed by atoms with E-state index in [0.29, 0.717) is 0 Å². The Balaban J connectivity index is 2.80. The van der Waals surface area contributed by atoms with Gasteiger partial charge in [-0.05, 0) is 24.9 Å². The molecule has 1 fully saturated rings. The van der Waals surface area contributed by atoms with Crippen LogP contribution < -0.4 is 0 Å². The highest BCUT2D eigenvalue weighted by molar-refractivity contribution is 5.75. The highest BCUT2D eigenvalue weighted by atomic mass is 16.4. The zero-order chi connectivity index (χ0) is 9.35. The molecule has 0 aromatic carbocycles. The van der Waals surface area contributed by atoms with Crippen LogP contribution >= 0.6 is 0 Å². The minimum absolute atomic E-state index is 0.0676. The molecule has 0 radical (unpaired) electrons. The molecule has 1 saturated heterocycles. The summed E-state index contributed by atoms with van der Waals surface area (Å²) in [5.74, 6) is -0.681. The fourth-order valence-electron chi connectivity index (χ4n) is 2.02. The van der Waals surface area contributed by atoms with Gasteiger partial charge in [0.1, 0.15) is 6.04 Å². The Morgan fingerprint density at radius 1 is 1.67 bits per heavy atom. The lowest BCUT2D eigenvalue weighted by atomic mass is 9.85. The Morgan fingerprint density at radius 2 is 2.25 bits per heavy atom. The third kappa shape index (κ3) is 1.46. The first-order valence-electron chi connectivity index (χ1n) is 4.46. The number of carboxylic acid groups (broad SMARTS) is 1. The summed E-state index contributed by atoms with van der Waals surface area (Å²) in [7, 11) is 0. The molecule has 1 aliphatic rings. The van der Waals surface area contributed by atoms with Crippen LogP contribution in [0, 0.1) is 5.41 Å². The fourth-order valence-corrected chi connectivity index (χ4v) is 2.02. The lowest BCUT2D eigenvalue weighted by Crippen LogP contribution is -2.42. The number of likely N-dealkylation sites (N-methyl/N-ethyl adjacent to an activating group) is 1. The molecule has 1 N–H and O–H groups in total. The molecule has 12 heavy (non-hydrogen) atoms. The van der Waals surface area contributed by atoms with Gasteiger partial charge in [-0.15, -0.1) is 0 Å². The van der Waals surface area contributed by atoms with Gasteiger partial charge < -0.3 is 5.11 Å². The number of carbonyl (C=O) groups is 1. The standard InChI is InChI=1S/C9H17NO2/c1-4-10-6-5-9(2,3)7(10)8(11)12/h7H,4-6H2,1-3H3,(H,11,12)/t7-/m1/s1. The van der Waals surface area contributed by atoms with Crippen LogP contribution in [0.3, 0.4) is 0 Å². The van der Waals surface area contributed by atoms with Gasteiger partial charge in [-0.25, -0.2) is 0 Å². The van der Waals surface area contributed by atoms with E-state index in [0.717, 1.165) is 19.5 Å². The zero-order valence-electron chi connectivity index (χ0n) is 8.00. The van der Waals surface area contributed by atoms with Crippen molar-refractivity contribution in [3.63, 3.8) is 0 Å². The number of carboxylic acids is 1. The van der Waals surface area contributed by atoms with Crippen molar-refractivity contribution < 1.29 is 9.90 Å². The van der Waals surface area contributed by atoms with Crippen LogP contribution in [0.4, 0.5) is 0 Å². The van der Waals surface area contributed by atoms with Crippen LogP contribution in [0.25, 0.3) is 0 Å². The molecule has 0 saturated carbocycles. The van der Waals surface area contributed by atoms with E-state index in [2.05, 4.69) is 0 Å². The van der Waals surface area contributed by atoms with Crippen molar-refractivity contribution in [2.45, 2.75) is 33.2 Å². The van der Waals surface area contributed by atoms with E-state index in [1.165, 1.54) is 0 Å². The monoisotopic (exact) mass is 171 g/mol. The lowest BCUT2D eigenvalue weighted by Gasteiger charge is -2.27. The van der Waals surface area contributed by atoms with Crippen molar-refractivity contribution >= 4 is 5.97 Å². The summed E-state index contributed by atoms with van der Waals surface area (Å²) in [6.07, 6.45) is 0.984. The molecule has 0 aromatic rings. The van der Waals surface area contributed by atoms with Crippen LogP contribution in [0.2, 0.25) is 0 Å². The van der Waals surface area contributed by atoms with E-state index in [9.17, 15) is 4.79 Å². The molecule has 3 nitrogen and oxygen atoms in total. The van der Waals surface area contributed by atoms with E-state index in [4.69, 9.17) is 5.11 Å². The fraction of sp³-hybridized carbons (Fsp3) is 0.889. The Kier molecular flexibility index (Phi) is 2.42. The number of nitrogens with zero attached hydrogens (tertiary/aromatic N) is 1. The second kappa shape index (κ2) is 3.05. The van der Waals surface area contributed by atoms with Crippen LogP contribution in [-0.4, -0.2) is 35.1 Å². The average molecular weight is 171 g/mol. The quantitative estimate of drug-likeness (QED) is 0.678. The Labute approximate surface area is 73.4 Å². The molecular weight excluding hydrogens is 154 g/mol. The summed E-state index contributed by atoms with van der Waals surface area (Å²) < 4.78 is 0. The highest BCUT2D eigenvalue weighted by Crippen LogP contribution is 2.35. The molecule has 3 heteroatoms. The van der Waals surface area contributed by atoms with Crippen molar-refractivity contribution in [2.75, 3.05) is 13.1 Å². The van der Waals surface area contributed by atoms with Gasteiger partial charge in [-0.2, -0.15) is 0 Å². The molecule has 0 aromatic heterocycles. The van der Waals surface area contributed by atoms with Gasteiger partial charge in [0.15, 0.2) is 0 Å². The maximum atomic E-state index is 10.9. The van der Waals surface area contributed by atoms with E-state index in [1.54, 1.807) is 0 Å². The van der Waals surface area contributed by atoms with Gasteiger partial charge in [-0.3, -0.25) is 9.69 Å². The van der Waals surface area contributed by atoms with E-state index in [-0.39, 0.29) is 11.5 Å². The maximum absolute atomic E-state index is 10.9. The SMILES string of the molecule is CCN1CCC(C)(C)[C@H]1C(=O)O. The molecule has 1 heterocycles. The predicted molar refractivity (Wildman–Crippen MR) is 47.1 cm³/mol. The number of hydrogen-bond acceptors (Lipinski definition) is 2. The summed E-state index contributed by atoms with van der Waals surface area (Å²) in [6, 6.07) is -0.289. The van der Waals surface area contributed by atoms with Crippen molar-refractivity contribution in [1.29, 1.82) is 0 Å². The zero-order valence-corrected chi connectivity index (χ0v) is 8.00. The van der Waals surface area contributed by atoms with Crippen molar-refractivity contribution in [2.24, 2.45) is 5.41 Å². The van der Waals surface area contributed by atoms with Crippen molar-refractivity contribution in [1.82, 2.24) is 4.90 Å². The van der Waals surface area contributed by atoms with Crippen LogP contribution in [0.15, 0.2) is 0 Å². The van der Waals surface area contributed by atoms with Gasteiger partial charge in [0, 0.05) is 0 Å². The maximum Gasteiger partial charge on any atom is 0.321 e. The smallest absolute Gasteiger partial charge is 0.321 e. The molecule has 70 valence electrons. The van der Waals surface area contributed by atoms with E-state index >= 15 is 0 Å². The normalized spacial score (nSPS) is 29.1. The third-order valence-corrected chi connectivity index (χ3v) is 2.79. The Morgan fingerprint density at radius 3 is 2.58 bits per heavy atom. The largest absolute Gasteiger partial charge is 0.480 e. The number of aliphatic carboxylic acids is 1. The minimum Gasteiger partial charge on any atom is -0.480 e. The summed E-state index contributed by atoms with van der Waals surface area (Å²) in [5.41, 5.74) is -0.0676. The van der Waals surface area contributed by atoms with Gasteiger partial charge >= 0.3 is 5.97 Å². The Hall–Kier alpha value is -0.570. The molecular formula is C9H17NO2. The van der Waals surface area contributed by atoms with Gasteiger partial charge in [0.05, 0.1) is 0 Å². The lowest BCUT2D eigenvalue weighted by molar-refractivity contribution is -0.145. The topological polar surface area (TPSA) is 40.5 Å². The van der Waals surface area contributed by atoms with Crippen molar-refractivity contribution in [3.05, 3.63) is 0 Å². The summed E-state index contributed by atoms with van der Waals surface area (Å²) in [6.45, 7) is 7.82. The third-order valence-electron chi connectivity index (χ3n) is 2.79. The first kappa shape index (κ1) is 9.52. The molecule has 0 amide bonds. The van der Waals surface area contributed by atoms with Crippen molar-refractivity contribution in [3.8, 4) is 0 Å². The van der Waals surface area contributed by atoms with E-state index in [1.807, 2.05) is 25.7 Å². The average Bonchev–Trinajstić information content (AvgIpc) is 2.24. The summed E-state index contributed by atoms with van der Waals surface area (Å²) >= 11 is 0. The van der Waals surface area contributed by atoms with Crippen LogP contribution in [-0.2, 0) is 4.79 Å².